The van der Waals surface area contributed by atoms with Crippen LogP contribution in [0.2, 0.25) is 0 Å². The zero-order valence-corrected chi connectivity index (χ0v) is 13.6. The Kier molecular flexibility index (Phi) is 5.75. The Morgan fingerprint density at radius 1 is 1.26 bits per heavy atom. The second kappa shape index (κ2) is 7.77. The number of aromatic amines is 1. The molecule has 1 heterocycles. The molecule has 2 N–H and O–H groups in total. The molecular weight excluding hydrogens is 318 g/mol. The summed E-state index contributed by atoms with van der Waals surface area (Å²) in [5, 5.41) is 9.34. The van der Waals surface area contributed by atoms with Crippen molar-refractivity contribution in [3.8, 4) is 5.75 Å². The number of ether oxygens (including phenoxy) is 1. The average Bonchev–Trinajstić information content (AvgIpc) is 3.02. The van der Waals surface area contributed by atoms with E-state index in [2.05, 4.69) is 15.5 Å². The molecule has 1 aromatic heterocycles. The third-order valence-electron chi connectivity index (χ3n) is 3.10. The number of benzene rings is 1. The van der Waals surface area contributed by atoms with Crippen molar-refractivity contribution in [2.75, 3.05) is 12.9 Å². The minimum atomic E-state index is -3.20. The van der Waals surface area contributed by atoms with Gasteiger partial charge in [-0.3, -0.25) is 9.89 Å². The maximum absolute atomic E-state index is 11.6. The third-order valence-corrected chi connectivity index (χ3v) is 4.23. The standard InChI is InChI=1S/C15H19N3O4S/c1-23(20,21)14-6-4-13(5-7-14)22-10-2-3-15(19)16-11-12-8-9-17-18-12/h4-9H,2-3,10-11H2,1H3,(H,16,19)(H,17,18). The number of amides is 1. The lowest BCUT2D eigenvalue weighted by molar-refractivity contribution is -0.121. The average molecular weight is 337 g/mol. The van der Waals surface area contributed by atoms with Gasteiger partial charge in [0.1, 0.15) is 5.75 Å². The number of carbonyl (C=O) groups excluding carboxylic acids is 1. The molecule has 0 atom stereocenters. The van der Waals surface area contributed by atoms with Crippen LogP contribution >= 0.6 is 0 Å². The van der Waals surface area contributed by atoms with Crippen LogP contribution in [-0.2, 0) is 21.2 Å². The normalized spacial score (nSPS) is 11.2. The highest BCUT2D eigenvalue weighted by Gasteiger charge is 2.06. The van der Waals surface area contributed by atoms with Gasteiger partial charge < -0.3 is 10.1 Å². The predicted molar refractivity (Wildman–Crippen MR) is 84.7 cm³/mol. The van der Waals surface area contributed by atoms with Crippen LogP contribution in [0.4, 0.5) is 0 Å². The molecule has 0 saturated carbocycles. The molecule has 2 rings (SSSR count). The van der Waals surface area contributed by atoms with Crippen molar-refractivity contribution in [3.63, 3.8) is 0 Å². The topological polar surface area (TPSA) is 101 Å². The lowest BCUT2D eigenvalue weighted by atomic mass is 10.3. The first-order valence-corrected chi connectivity index (χ1v) is 9.02. The van der Waals surface area contributed by atoms with Gasteiger partial charge in [0.25, 0.3) is 0 Å². The lowest BCUT2D eigenvalue weighted by Crippen LogP contribution is -2.23. The van der Waals surface area contributed by atoms with Crippen molar-refractivity contribution in [1.82, 2.24) is 15.5 Å². The van der Waals surface area contributed by atoms with Gasteiger partial charge in [-0.05, 0) is 36.8 Å². The second-order valence-corrected chi connectivity index (χ2v) is 7.07. The Balaban J connectivity index is 1.66. The molecule has 0 aliphatic carbocycles. The Hall–Kier alpha value is -2.35. The van der Waals surface area contributed by atoms with E-state index in [1.807, 2.05) is 0 Å². The van der Waals surface area contributed by atoms with Crippen LogP contribution in [-0.4, -0.2) is 37.4 Å². The van der Waals surface area contributed by atoms with Crippen LogP contribution in [0.3, 0.4) is 0 Å². The van der Waals surface area contributed by atoms with Gasteiger partial charge in [0, 0.05) is 18.9 Å². The maximum atomic E-state index is 11.6. The third kappa shape index (κ3) is 5.74. The van der Waals surface area contributed by atoms with Crippen LogP contribution in [0, 0.1) is 0 Å². The highest BCUT2D eigenvalue weighted by molar-refractivity contribution is 7.90. The fraction of sp³-hybridized carbons (Fsp3) is 0.333. The quantitative estimate of drug-likeness (QED) is 0.707. The molecule has 124 valence electrons. The van der Waals surface area contributed by atoms with Gasteiger partial charge in [0.2, 0.25) is 5.91 Å². The van der Waals surface area contributed by atoms with Crippen LogP contribution in [0.1, 0.15) is 18.5 Å². The molecule has 1 amide bonds. The van der Waals surface area contributed by atoms with E-state index < -0.39 is 9.84 Å². The molecule has 0 spiro atoms. The molecule has 0 saturated heterocycles. The number of nitrogens with one attached hydrogen (secondary N) is 2. The first-order valence-electron chi connectivity index (χ1n) is 7.13. The summed E-state index contributed by atoms with van der Waals surface area (Å²) >= 11 is 0. The number of carbonyl (C=O) groups is 1. The Morgan fingerprint density at radius 3 is 2.61 bits per heavy atom. The molecule has 2 aromatic rings. The summed E-state index contributed by atoms with van der Waals surface area (Å²) in [6.45, 7) is 0.808. The monoisotopic (exact) mass is 337 g/mol. The van der Waals surface area contributed by atoms with Crippen molar-refractivity contribution in [2.45, 2.75) is 24.3 Å². The predicted octanol–water partition coefficient (Wildman–Crippen LogP) is 1.29. The Labute approximate surface area is 135 Å². The number of sulfone groups is 1. The van der Waals surface area contributed by atoms with Gasteiger partial charge in [0.05, 0.1) is 23.7 Å². The smallest absolute Gasteiger partial charge is 0.220 e. The number of hydrogen-bond acceptors (Lipinski definition) is 5. The summed E-state index contributed by atoms with van der Waals surface area (Å²) < 4.78 is 28.2. The zero-order chi connectivity index (χ0) is 16.7. The summed E-state index contributed by atoms with van der Waals surface area (Å²) in [6, 6.07) is 8.01. The molecule has 0 radical (unpaired) electrons. The van der Waals surface area contributed by atoms with E-state index in [4.69, 9.17) is 4.74 Å². The molecule has 23 heavy (non-hydrogen) atoms. The summed E-state index contributed by atoms with van der Waals surface area (Å²) in [4.78, 5) is 11.9. The second-order valence-electron chi connectivity index (χ2n) is 5.05. The molecule has 8 heteroatoms. The van der Waals surface area contributed by atoms with Crippen molar-refractivity contribution in [3.05, 3.63) is 42.2 Å². The van der Waals surface area contributed by atoms with Crippen molar-refractivity contribution >= 4 is 15.7 Å². The molecule has 0 unspecified atom stereocenters. The summed E-state index contributed by atoms with van der Waals surface area (Å²) in [6.07, 6.45) is 3.72. The Morgan fingerprint density at radius 2 is 2.00 bits per heavy atom. The van der Waals surface area contributed by atoms with E-state index in [9.17, 15) is 13.2 Å². The highest BCUT2D eigenvalue weighted by Crippen LogP contribution is 2.16. The van der Waals surface area contributed by atoms with Gasteiger partial charge in [0.15, 0.2) is 9.84 Å². The zero-order valence-electron chi connectivity index (χ0n) is 12.8. The summed E-state index contributed by atoms with van der Waals surface area (Å²) in [5.74, 6) is 0.519. The van der Waals surface area contributed by atoms with E-state index in [1.54, 1.807) is 24.4 Å². The first kappa shape index (κ1) is 17.0. The molecule has 1 aromatic carbocycles. The molecular formula is C15H19N3O4S. The van der Waals surface area contributed by atoms with Crippen LogP contribution in [0.25, 0.3) is 0 Å². The molecule has 0 bridgehead atoms. The van der Waals surface area contributed by atoms with E-state index in [1.165, 1.54) is 12.1 Å². The summed E-state index contributed by atoms with van der Waals surface area (Å²) in [5.41, 5.74) is 0.848. The minimum Gasteiger partial charge on any atom is -0.494 e. The number of hydrogen-bond donors (Lipinski definition) is 2. The maximum Gasteiger partial charge on any atom is 0.220 e. The molecule has 0 fully saturated rings. The number of rotatable bonds is 8. The lowest BCUT2D eigenvalue weighted by Gasteiger charge is -2.07. The number of H-pyrrole nitrogens is 1. The van der Waals surface area contributed by atoms with Crippen molar-refractivity contribution in [1.29, 1.82) is 0 Å². The highest BCUT2D eigenvalue weighted by atomic mass is 32.2. The fourth-order valence-electron chi connectivity index (χ4n) is 1.87. The molecule has 0 aliphatic rings. The fourth-order valence-corrected chi connectivity index (χ4v) is 2.50. The van der Waals surface area contributed by atoms with Gasteiger partial charge >= 0.3 is 0 Å². The van der Waals surface area contributed by atoms with Gasteiger partial charge in [-0.2, -0.15) is 5.10 Å². The van der Waals surface area contributed by atoms with E-state index in [0.29, 0.717) is 31.7 Å². The first-order chi connectivity index (χ1) is 10.9. The number of aromatic nitrogens is 2. The van der Waals surface area contributed by atoms with Gasteiger partial charge in [-0.25, -0.2) is 8.42 Å². The molecule has 7 nitrogen and oxygen atoms in total. The SMILES string of the molecule is CS(=O)(=O)c1ccc(OCCCC(=O)NCc2ccn[nH]2)cc1. The van der Waals surface area contributed by atoms with Crippen LogP contribution in [0.5, 0.6) is 5.75 Å². The number of nitrogens with zero attached hydrogens (tertiary/aromatic N) is 1. The van der Waals surface area contributed by atoms with Crippen LogP contribution < -0.4 is 10.1 Å². The minimum absolute atomic E-state index is 0.0596. The van der Waals surface area contributed by atoms with E-state index in [0.717, 1.165) is 11.9 Å². The van der Waals surface area contributed by atoms with Crippen molar-refractivity contribution in [2.24, 2.45) is 0 Å². The van der Waals surface area contributed by atoms with Crippen LogP contribution in [0.15, 0.2) is 41.4 Å². The largest absolute Gasteiger partial charge is 0.494 e. The van der Waals surface area contributed by atoms with E-state index >= 15 is 0 Å². The summed E-state index contributed by atoms with van der Waals surface area (Å²) in [7, 11) is -3.20. The molecule has 0 aliphatic heterocycles. The van der Waals surface area contributed by atoms with Gasteiger partial charge in [-0.15, -0.1) is 0 Å². The Bertz CT molecular complexity index is 725. The van der Waals surface area contributed by atoms with E-state index in [-0.39, 0.29) is 10.8 Å². The van der Waals surface area contributed by atoms with Crippen molar-refractivity contribution < 1.29 is 17.9 Å². The van der Waals surface area contributed by atoms with Gasteiger partial charge in [-0.1, -0.05) is 0 Å².